The summed E-state index contributed by atoms with van der Waals surface area (Å²) in [7, 11) is 0.666. The summed E-state index contributed by atoms with van der Waals surface area (Å²) in [5.41, 5.74) is 0.0639. The van der Waals surface area contributed by atoms with Crippen molar-refractivity contribution in [2.75, 3.05) is 0 Å². The third kappa shape index (κ3) is 6.18. The average molecular weight is 130 g/mol. The Morgan fingerprint density at radius 1 is 1.38 bits per heavy atom. The topological polar surface area (TPSA) is 9.23 Å². The van der Waals surface area contributed by atoms with Gasteiger partial charge in [0.1, 0.15) is 0 Å². The van der Waals surface area contributed by atoms with Gasteiger partial charge in [-0.25, -0.2) is 0 Å². The largest absolute Gasteiger partial charge is 0.413 e. The second kappa shape index (κ2) is 3.25. The van der Waals surface area contributed by atoms with Crippen molar-refractivity contribution in [1.29, 1.82) is 0 Å². The molecule has 0 aromatic heterocycles. The molecule has 48 valence electrons. The van der Waals surface area contributed by atoms with Gasteiger partial charge in [-0.1, -0.05) is 6.92 Å². The fourth-order valence-corrected chi connectivity index (χ4v) is 0.866. The molecule has 0 spiro atoms. The monoisotopic (exact) mass is 130 g/mol. The van der Waals surface area contributed by atoms with Crippen LogP contribution in [0.15, 0.2) is 0 Å². The van der Waals surface area contributed by atoms with E-state index in [2.05, 4.69) is 27.7 Å². The number of rotatable bonds is 2. The Morgan fingerprint density at radius 2 is 1.88 bits per heavy atom. The second-order valence-electron chi connectivity index (χ2n) is 2.71. The molecular formula is C6H14OSi. The summed E-state index contributed by atoms with van der Waals surface area (Å²) < 4.78 is 5.41. The summed E-state index contributed by atoms with van der Waals surface area (Å²) in [6.07, 6.45) is 0. The molecule has 0 aromatic rings. The summed E-state index contributed by atoms with van der Waals surface area (Å²) in [4.78, 5) is 0. The van der Waals surface area contributed by atoms with E-state index >= 15 is 0 Å². The van der Waals surface area contributed by atoms with Crippen LogP contribution < -0.4 is 0 Å². The van der Waals surface area contributed by atoms with Crippen LogP contribution in [0.2, 0.25) is 6.04 Å². The third-order valence-corrected chi connectivity index (χ3v) is 1.57. The summed E-state index contributed by atoms with van der Waals surface area (Å²) in [5.74, 6) is 0. The Balaban J connectivity index is 3.11. The van der Waals surface area contributed by atoms with Gasteiger partial charge in [-0.3, -0.25) is 0 Å². The van der Waals surface area contributed by atoms with E-state index in [0.29, 0.717) is 9.76 Å². The van der Waals surface area contributed by atoms with E-state index in [0.717, 1.165) is 6.04 Å². The molecule has 8 heavy (non-hydrogen) atoms. The van der Waals surface area contributed by atoms with Gasteiger partial charge in [-0.15, -0.1) is 0 Å². The lowest BCUT2D eigenvalue weighted by atomic mass is 10.2. The number of hydrogen-bond acceptors (Lipinski definition) is 1. The molecule has 0 amide bonds. The highest BCUT2D eigenvalue weighted by Gasteiger charge is 2.07. The van der Waals surface area contributed by atoms with Gasteiger partial charge >= 0.3 is 0 Å². The molecule has 2 heteroatoms. The third-order valence-electron chi connectivity index (χ3n) is 0.523. The summed E-state index contributed by atoms with van der Waals surface area (Å²) in [6, 6.07) is 1.14. The van der Waals surface area contributed by atoms with Gasteiger partial charge in [-0.2, -0.15) is 0 Å². The average Bonchev–Trinajstić information content (AvgIpc) is 1.59. The van der Waals surface area contributed by atoms with Crippen LogP contribution in [0.3, 0.4) is 0 Å². The van der Waals surface area contributed by atoms with E-state index in [1.54, 1.807) is 0 Å². The summed E-state index contributed by atoms with van der Waals surface area (Å²) in [5, 5.41) is 0. The molecule has 0 unspecified atom stereocenters. The van der Waals surface area contributed by atoms with Crippen molar-refractivity contribution in [3.63, 3.8) is 0 Å². The Labute approximate surface area is 54.4 Å². The highest BCUT2D eigenvalue weighted by Crippen LogP contribution is 2.04. The van der Waals surface area contributed by atoms with Crippen LogP contribution in [-0.2, 0) is 4.43 Å². The molecule has 0 fully saturated rings. The zero-order valence-corrected chi connectivity index (χ0v) is 7.12. The molecule has 0 saturated heterocycles. The van der Waals surface area contributed by atoms with Gasteiger partial charge in [-0.05, 0) is 26.8 Å². The molecule has 0 rings (SSSR count). The van der Waals surface area contributed by atoms with Crippen LogP contribution in [0.1, 0.15) is 27.7 Å². The van der Waals surface area contributed by atoms with Crippen molar-refractivity contribution in [2.45, 2.75) is 39.3 Å². The molecule has 0 N–H and O–H groups in total. The minimum atomic E-state index is 0.0639. The molecule has 1 nitrogen and oxygen atoms in total. The number of hydrogen-bond donors (Lipinski definition) is 0. The van der Waals surface area contributed by atoms with Crippen LogP contribution >= 0.6 is 0 Å². The molecular weight excluding hydrogens is 116 g/mol. The lowest BCUT2D eigenvalue weighted by molar-refractivity contribution is 0.138. The zero-order chi connectivity index (χ0) is 6.62. The van der Waals surface area contributed by atoms with E-state index in [1.807, 2.05) is 0 Å². The van der Waals surface area contributed by atoms with Crippen molar-refractivity contribution in [3.8, 4) is 0 Å². The Bertz CT molecular complexity index is 56.0. The smallest absolute Gasteiger partial charge is 0.230 e. The van der Waals surface area contributed by atoms with E-state index < -0.39 is 0 Å². The van der Waals surface area contributed by atoms with Gasteiger partial charge in [0.05, 0.1) is 0 Å². The minimum Gasteiger partial charge on any atom is -0.413 e. The van der Waals surface area contributed by atoms with E-state index in [4.69, 9.17) is 4.43 Å². The van der Waals surface area contributed by atoms with Crippen molar-refractivity contribution in [2.24, 2.45) is 0 Å². The molecule has 0 aliphatic heterocycles. The molecule has 0 aromatic carbocycles. The summed E-state index contributed by atoms with van der Waals surface area (Å²) >= 11 is 0. The lowest BCUT2D eigenvalue weighted by Crippen LogP contribution is -2.20. The van der Waals surface area contributed by atoms with Crippen LogP contribution in [0.25, 0.3) is 0 Å². The fraction of sp³-hybridized carbons (Fsp3) is 1.00. The highest BCUT2D eigenvalue weighted by atomic mass is 28.2. The van der Waals surface area contributed by atoms with E-state index in [-0.39, 0.29) is 5.60 Å². The first-order valence-corrected chi connectivity index (χ1v) is 4.08. The zero-order valence-electron chi connectivity index (χ0n) is 6.12. The standard InChI is InChI=1S/C6H14OSi/c1-5-8-7-6(2,3)4/h5H2,1-4H3. The first kappa shape index (κ1) is 8.18. The molecule has 0 aliphatic rings. The van der Waals surface area contributed by atoms with Gasteiger partial charge < -0.3 is 4.43 Å². The van der Waals surface area contributed by atoms with E-state index in [1.165, 1.54) is 0 Å². The first-order valence-electron chi connectivity index (χ1n) is 2.97. The molecule has 0 aliphatic carbocycles. The maximum absolute atomic E-state index is 5.41. The normalized spacial score (nSPS) is 12.0. The van der Waals surface area contributed by atoms with Gasteiger partial charge in [0.2, 0.25) is 9.76 Å². The van der Waals surface area contributed by atoms with Crippen LogP contribution in [-0.4, -0.2) is 15.4 Å². The van der Waals surface area contributed by atoms with Crippen molar-refractivity contribution in [3.05, 3.63) is 0 Å². The van der Waals surface area contributed by atoms with E-state index in [9.17, 15) is 0 Å². The van der Waals surface area contributed by atoms with Crippen molar-refractivity contribution < 1.29 is 4.43 Å². The van der Waals surface area contributed by atoms with Crippen LogP contribution in [0.5, 0.6) is 0 Å². The fourth-order valence-electron chi connectivity index (χ4n) is 0.289. The minimum absolute atomic E-state index is 0.0639. The van der Waals surface area contributed by atoms with Gasteiger partial charge in [0, 0.05) is 5.60 Å². The van der Waals surface area contributed by atoms with Gasteiger partial charge in [0.15, 0.2) is 0 Å². The van der Waals surface area contributed by atoms with Crippen LogP contribution in [0, 0.1) is 0 Å². The molecule has 0 bridgehead atoms. The molecule has 0 saturated carbocycles. The van der Waals surface area contributed by atoms with Crippen molar-refractivity contribution in [1.82, 2.24) is 0 Å². The predicted octanol–water partition coefficient (Wildman–Crippen LogP) is 1.86. The highest BCUT2D eigenvalue weighted by molar-refractivity contribution is 6.26. The summed E-state index contributed by atoms with van der Waals surface area (Å²) in [6.45, 7) is 8.37. The van der Waals surface area contributed by atoms with Crippen LogP contribution in [0.4, 0.5) is 0 Å². The Hall–Kier alpha value is 0.177. The SMILES string of the molecule is CC[Si]OC(C)(C)C. The van der Waals surface area contributed by atoms with Crippen molar-refractivity contribution >= 4 is 9.76 Å². The molecule has 0 atom stereocenters. The first-order chi connectivity index (χ1) is 3.56. The Kier molecular flexibility index (Phi) is 3.32. The second-order valence-corrected chi connectivity index (χ2v) is 3.91. The Morgan fingerprint density at radius 3 is 2.00 bits per heavy atom. The molecule has 0 heterocycles. The maximum Gasteiger partial charge on any atom is 0.230 e. The predicted molar refractivity (Wildman–Crippen MR) is 37.1 cm³/mol. The van der Waals surface area contributed by atoms with Gasteiger partial charge in [0.25, 0.3) is 0 Å². The lowest BCUT2D eigenvalue weighted by Gasteiger charge is -2.18. The molecule has 2 radical (unpaired) electrons. The quantitative estimate of drug-likeness (QED) is 0.518. The maximum atomic E-state index is 5.41.